The highest BCUT2D eigenvalue weighted by atomic mass is 35.5. The normalized spacial score (nSPS) is 11.8. The molecule has 0 aliphatic carbocycles. The molecule has 2 amide bonds. The third-order valence-corrected chi connectivity index (χ3v) is 7.77. The summed E-state index contributed by atoms with van der Waals surface area (Å²) >= 11 is 6.04. The molecule has 1 unspecified atom stereocenters. The van der Waals surface area contributed by atoms with E-state index in [1.54, 1.807) is 48.5 Å². The number of anilines is 1. The van der Waals surface area contributed by atoms with Crippen molar-refractivity contribution in [1.82, 2.24) is 0 Å². The molecule has 0 radical (unpaired) electrons. The number of phenols is 1. The lowest BCUT2D eigenvalue weighted by molar-refractivity contribution is -0.135. The topological polar surface area (TPSA) is 110 Å². The Bertz CT molecular complexity index is 1310. The summed E-state index contributed by atoms with van der Waals surface area (Å²) in [6.45, 7) is 2.23. The zero-order chi connectivity index (χ0) is 30.3. The third-order valence-electron chi connectivity index (χ3n) is 7.59. The molecule has 0 spiro atoms. The molecule has 0 aliphatic rings. The van der Waals surface area contributed by atoms with Gasteiger partial charge in [-0.15, -0.1) is 0 Å². The Morgan fingerprint density at radius 3 is 1.88 bits per heavy atom. The van der Waals surface area contributed by atoms with Crippen LogP contribution in [0.25, 0.3) is 10.8 Å². The number of nitrogens with two attached hydrogens (primary N) is 1. The molecule has 0 aromatic heterocycles. The molecule has 42 heavy (non-hydrogen) atoms. The van der Waals surface area contributed by atoms with E-state index in [1.165, 1.54) is 62.3 Å². The molecule has 0 bridgehead atoms. The van der Waals surface area contributed by atoms with Crippen LogP contribution in [-0.4, -0.2) is 28.4 Å². The van der Waals surface area contributed by atoms with Gasteiger partial charge in [-0.1, -0.05) is 126 Å². The molecule has 8 heteroatoms. The van der Waals surface area contributed by atoms with Gasteiger partial charge in [0.2, 0.25) is 0 Å². The smallest absolute Gasteiger partial charge is 0.334 e. The Labute approximate surface area is 254 Å². The van der Waals surface area contributed by atoms with E-state index in [2.05, 4.69) is 6.92 Å². The lowest BCUT2D eigenvalue weighted by Gasteiger charge is -2.28. The molecule has 1 atom stereocenters. The molecular weight excluding hydrogens is 552 g/mol. The number of carbonyl (C=O) groups excluding carboxylic acids is 3. The first-order chi connectivity index (χ1) is 20.3. The van der Waals surface area contributed by atoms with Crippen LogP contribution >= 0.6 is 11.6 Å². The van der Waals surface area contributed by atoms with E-state index in [1.807, 2.05) is 6.07 Å². The van der Waals surface area contributed by atoms with Crippen LogP contribution in [-0.2, 0) is 4.79 Å². The molecule has 0 aliphatic heterocycles. The molecule has 3 aromatic carbocycles. The molecule has 3 aromatic rings. The molecule has 3 rings (SSSR count). The number of hydrogen-bond acceptors (Lipinski definition) is 5. The number of primary amides is 1. The van der Waals surface area contributed by atoms with Gasteiger partial charge in [0.05, 0.1) is 5.56 Å². The number of carbonyl (C=O) groups is 3. The van der Waals surface area contributed by atoms with Crippen molar-refractivity contribution in [1.29, 1.82) is 0 Å². The summed E-state index contributed by atoms with van der Waals surface area (Å²) < 4.78 is 5.84. The van der Waals surface area contributed by atoms with Crippen molar-refractivity contribution in [2.45, 2.75) is 96.4 Å². The van der Waals surface area contributed by atoms with Crippen molar-refractivity contribution >= 4 is 45.3 Å². The SMILES string of the molecule is CCCCCCCCCCCCCCC(C(=O)Oc1cc(C(N)=O)c(O)c2ccccc12)N(C(=O)Cl)c1ccccc1. The van der Waals surface area contributed by atoms with Crippen LogP contribution < -0.4 is 15.4 Å². The van der Waals surface area contributed by atoms with Crippen LogP contribution in [0.3, 0.4) is 0 Å². The Morgan fingerprint density at radius 1 is 0.810 bits per heavy atom. The number of amides is 2. The van der Waals surface area contributed by atoms with Gasteiger partial charge in [-0.05, 0) is 36.2 Å². The van der Waals surface area contributed by atoms with E-state index in [-0.39, 0.29) is 17.1 Å². The van der Waals surface area contributed by atoms with Gasteiger partial charge in [-0.2, -0.15) is 0 Å². The number of benzene rings is 3. The fraction of sp³-hybridized carbons (Fsp3) is 0.441. The van der Waals surface area contributed by atoms with Crippen molar-refractivity contribution in [3.05, 3.63) is 66.2 Å². The summed E-state index contributed by atoms with van der Waals surface area (Å²) in [5.41, 5.74) is 5.79. The van der Waals surface area contributed by atoms with Crippen molar-refractivity contribution in [3.63, 3.8) is 0 Å². The average molecular weight is 595 g/mol. The van der Waals surface area contributed by atoms with Crippen LogP contribution in [0.15, 0.2) is 60.7 Å². The molecule has 0 fully saturated rings. The first-order valence-corrected chi connectivity index (χ1v) is 15.5. The van der Waals surface area contributed by atoms with Gasteiger partial charge in [0.1, 0.15) is 17.5 Å². The minimum absolute atomic E-state index is 0.0666. The third kappa shape index (κ3) is 9.48. The van der Waals surface area contributed by atoms with Crippen molar-refractivity contribution in [3.8, 4) is 11.5 Å². The minimum atomic E-state index is -0.995. The van der Waals surface area contributed by atoms with Crippen LogP contribution in [0.4, 0.5) is 10.5 Å². The highest BCUT2D eigenvalue weighted by Crippen LogP contribution is 2.36. The van der Waals surface area contributed by atoms with Gasteiger partial charge < -0.3 is 15.6 Å². The summed E-state index contributed by atoms with van der Waals surface area (Å²) in [6.07, 6.45) is 14.4. The first kappa shape index (κ1) is 32.9. The number of halogens is 1. The molecule has 0 heterocycles. The molecule has 226 valence electrons. The number of esters is 1. The van der Waals surface area contributed by atoms with Gasteiger partial charge >= 0.3 is 11.3 Å². The van der Waals surface area contributed by atoms with E-state index >= 15 is 0 Å². The lowest BCUT2D eigenvalue weighted by Crippen LogP contribution is -2.45. The Kier molecular flexibility index (Phi) is 13.6. The first-order valence-electron chi connectivity index (χ1n) is 15.1. The highest BCUT2D eigenvalue weighted by molar-refractivity contribution is 6.66. The zero-order valence-electron chi connectivity index (χ0n) is 24.5. The summed E-state index contributed by atoms with van der Waals surface area (Å²) in [6, 6.07) is 15.7. The summed E-state index contributed by atoms with van der Waals surface area (Å²) in [5.74, 6) is -1.77. The molecule has 0 saturated heterocycles. The number of ether oxygens (including phenoxy) is 1. The van der Waals surface area contributed by atoms with E-state index in [0.29, 0.717) is 29.3 Å². The number of para-hydroxylation sites is 1. The van der Waals surface area contributed by atoms with Crippen LogP contribution in [0.5, 0.6) is 11.5 Å². The predicted octanol–water partition coefficient (Wildman–Crippen LogP) is 8.87. The van der Waals surface area contributed by atoms with E-state index in [4.69, 9.17) is 22.1 Å². The van der Waals surface area contributed by atoms with Crippen molar-refractivity contribution in [2.75, 3.05) is 4.90 Å². The number of nitrogens with zero attached hydrogens (tertiary/aromatic N) is 1. The van der Waals surface area contributed by atoms with Crippen molar-refractivity contribution < 1.29 is 24.2 Å². The van der Waals surface area contributed by atoms with E-state index < -0.39 is 23.3 Å². The summed E-state index contributed by atoms with van der Waals surface area (Å²) in [7, 11) is 0. The lowest BCUT2D eigenvalue weighted by atomic mass is 10.0. The molecule has 0 saturated carbocycles. The van der Waals surface area contributed by atoms with Gasteiger partial charge in [0, 0.05) is 16.5 Å². The summed E-state index contributed by atoms with van der Waals surface area (Å²) in [4.78, 5) is 39.6. The van der Waals surface area contributed by atoms with Crippen molar-refractivity contribution in [2.24, 2.45) is 5.73 Å². The minimum Gasteiger partial charge on any atom is -0.506 e. The van der Waals surface area contributed by atoms with E-state index in [0.717, 1.165) is 19.3 Å². The second-order valence-corrected chi connectivity index (χ2v) is 11.1. The van der Waals surface area contributed by atoms with Crippen LogP contribution in [0.1, 0.15) is 101 Å². The largest absolute Gasteiger partial charge is 0.506 e. The zero-order valence-corrected chi connectivity index (χ0v) is 25.3. The van der Waals surface area contributed by atoms with Gasteiger partial charge in [-0.25, -0.2) is 4.79 Å². The Morgan fingerprint density at radius 2 is 1.33 bits per heavy atom. The predicted molar refractivity (Wildman–Crippen MR) is 169 cm³/mol. The van der Waals surface area contributed by atoms with Gasteiger partial charge in [0.25, 0.3) is 5.91 Å². The number of fused-ring (bicyclic) bond motifs is 1. The Balaban J connectivity index is 1.70. The van der Waals surface area contributed by atoms with E-state index in [9.17, 15) is 19.5 Å². The number of hydrogen-bond donors (Lipinski definition) is 2. The Hall–Kier alpha value is -3.58. The molecule has 7 nitrogen and oxygen atoms in total. The highest BCUT2D eigenvalue weighted by Gasteiger charge is 2.32. The maximum atomic E-state index is 13.7. The van der Waals surface area contributed by atoms with Gasteiger partial charge in [-0.3, -0.25) is 14.5 Å². The number of rotatable bonds is 18. The number of unbranched alkanes of at least 4 members (excludes halogenated alkanes) is 11. The standard InChI is InChI=1S/C34H43ClN2O5/c1-2-3-4-5-6-7-8-9-10-11-12-16-23-29(37(34(35)41)25-19-14-13-15-20-25)33(40)42-30-24-28(32(36)39)31(38)27-22-18-17-21-26(27)30/h13-15,17-22,24,29,38H,2-12,16,23H2,1H3,(H2,36,39). The monoisotopic (exact) mass is 594 g/mol. The average Bonchev–Trinajstić information content (AvgIpc) is 2.98. The molecular formula is C34H43ClN2O5. The maximum absolute atomic E-state index is 13.7. The fourth-order valence-corrected chi connectivity index (χ4v) is 5.51. The second kappa shape index (κ2) is 17.4. The van der Waals surface area contributed by atoms with Gasteiger partial charge in [0.15, 0.2) is 0 Å². The maximum Gasteiger partial charge on any atom is 0.334 e. The fourth-order valence-electron chi connectivity index (χ4n) is 5.30. The quantitative estimate of drug-likeness (QED) is 0.0502. The molecule has 3 N–H and O–H groups in total. The second-order valence-electron chi connectivity index (χ2n) is 10.8. The van der Waals surface area contributed by atoms with Crippen LogP contribution in [0.2, 0.25) is 0 Å². The number of aromatic hydroxyl groups is 1. The van der Waals surface area contributed by atoms with Crippen LogP contribution in [0, 0.1) is 0 Å². The summed E-state index contributed by atoms with van der Waals surface area (Å²) in [5, 5.41) is 10.5.